The van der Waals surface area contributed by atoms with E-state index in [2.05, 4.69) is 61.2 Å². The summed E-state index contributed by atoms with van der Waals surface area (Å²) in [7, 11) is 0. The molecule has 0 spiro atoms. The third-order valence-electron chi connectivity index (χ3n) is 5.73. The van der Waals surface area contributed by atoms with E-state index >= 15 is 0 Å². The lowest BCUT2D eigenvalue weighted by molar-refractivity contribution is 0.159. The zero-order valence-electron chi connectivity index (χ0n) is 18.5. The van der Waals surface area contributed by atoms with Gasteiger partial charge in [0.2, 0.25) is 0 Å². The lowest BCUT2D eigenvalue weighted by atomic mass is 10.2. The van der Waals surface area contributed by atoms with Crippen LogP contribution in [-0.4, -0.2) is 83.6 Å². The number of pyridine rings is 2. The molecule has 2 aromatic rings. The van der Waals surface area contributed by atoms with Gasteiger partial charge in [-0.3, -0.25) is 19.8 Å². The fourth-order valence-corrected chi connectivity index (χ4v) is 3.86. The molecule has 1 N–H and O–H groups in total. The molecule has 3 heterocycles. The Morgan fingerprint density at radius 3 is 1.73 bits per heavy atom. The summed E-state index contributed by atoms with van der Waals surface area (Å²) in [6.07, 6.45) is 6.30. The smallest absolute Gasteiger partial charge is 0.0543 e. The molecule has 0 aliphatic carbocycles. The Balaban J connectivity index is 1.59. The fraction of sp³-hybridized carbons (Fsp3) is 0.583. The lowest BCUT2D eigenvalue weighted by Crippen LogP contribution is -2.44. The molecular weight excluding hydrogens is 372 g/mol. The predicted octanol–water partition coefficient (Wildman–Crippen LogP) is 2.49. The first kappa shape index (κ1) is 22.8. The summed E-state index contributed by atoms with van der Waals surface area (Å²) >= 11 is 0. The van der Waals surface area contributed by atoms with Crippen LogP contribution in [0.1, 0.15) is 31.2 Å². The minimum absolute atomic E-state index is 0.927. The molecule has 2 aromatic heterocycles. The zero-order chi connectivity index (χ0) is 20.9. The summed E-state index contributed by atoms with van der Waals surface area (Å²) in [5, 5.41) is 3.64. The first-order valence-corrected chi connectivity index (χ1v) is 11.5. The van der Waals surface area contributed by atoms with Crippen molar-refractivity contribution in [1.29, 1.82) is 0 Å². The van der Waals surface area contributed by atoms with Crippen molar-refractivity contribution in [1.82, 2.24) is 30.0 Å². The summed E-state index contributed by atoms with van der Waals surface area (Å²) in [4.78, 5) is 16.8. The SMILES string of the molecule is CCCCN1CCN(Cc2ccccn2)CCNCCN(Cc2ccccn2)CC1. The molecule has 1 saturated heterocycles. The number of aromatic nitrogens is 2. The molecule has 0 aromatic carbocycles. The van der Waals surface area contributed by atoms with Crippen molar-refractivity contribution in [3.8, 4) is 0 Å². The Bertz CT molecular complexity index is 625. The van der Waals surface area contributed by atoms with E-state index in [1.165, 1.54) is 19.4 Å². The summed E-state index contributed by atoms with van der Waals surface area (Å²) in [5.41, 5.74) is 2.32. The van der Waals surface area contributed by atoms with Crippen molar-refractivity contribution in [3.05, 3.63) is 60.2 Å². The minimum atomic E-state index is 0.927. The molecule has 1 aliphatic heterocycles. The molecular formula is C24H38N6. The van der Waals surface area contributed by atoms with Gasteiger partial charge in [-0.2, -0.15) is 0 Å². The Kier molecular flexibility index (Phi) is 10.2. The van der Waals surface area contributed by atoms with Gasteiger partial charge in [-0.15, -0.1) is 0 Å². The minimum Gasteiger partial charge on any atom is -0.314 e. The zero-order valence-corrected chi connectivity index (χ0v) is 18.5. The molecule has 3 rings (SSSR count). The van der Waals surface area contributed by atoms with Crippen LogP contribution < -0.4 is 5.32 Å². The number of nitrogens with one attached hydrogen (secondary N) is 1. The summed E-state index contributed by atoms with van der Waals surface area (Å²) in [6, 6.07) is 12.4. The molecule has 0 saturated carbocycles. The second-order valence-corrected chi connectivity index (χ2v) is 8.14. The van der Waals surface area contributed by atoms with Gasteiger partial charge in [-0.1, -0.05) is 25.5 Å². The number of hydrogen-bond acceptors (Lipinski definition) is 6. The molecule has 30 heavy (non-hydrogen) atoms. The predicted molar refractivity (Wildman–Crippen MR) is 123 cm³/mol. The maximum atomic E-state index is 4.53. The highest BCUT2D eigenvalue weighted by atomic mass is 15.2. The van der Waals surface area contributed by atoms with Crippen LogP contribution in [-0.2, 0) is 13.1 Å². The Hall–Kier alpha value is -1.86. The third-order valence-corrected chi connectivity index (χ3v) is 5.73. The molecule has 6 heteroatoms. The normalized spacial score (nSPS) is 18.6. The largest absolute Gasteiger partial charge is 0.314 e. The van der Waals surface area contributed by atoms with Crippen molar-refractivity contribution in [2.24, 2.45) is 0 Å². The molecule has 0 unspecified atom stereocenters. The first-order chi connectivity index (χ1) is 14.8. The van der Waals surface area contributed by atoms with E-state index < -0.39 is 0 Å². The summed E-state index contributed by atoms with van der Waals surface area (Å²) in [5.74, 6) is 0. The number of rotatable bonds is 7. The fourth-order valence-electron chi connectivity index (χ4n) is 3.86. The van der Waals surface area contributed by atoms with Gasteiger partial charge in [0.25, 0.3) is 0 Å². The Morgan fingerprint density at radius 1 is 0.733 bits per heavy atom. The maximum Gasteiger partial charge on any atom is 0.0543 e. The van der Waals surface area contributed by atoms with E-state index in [-0.39, 0.29) is 0 Å². The van der Waals surface area contributed by atoms with Gasteiger partial charge in [-0.25, -0.2) is 0 Å². The highest BCUT2D eigenvalue weighted by Crippen LogP contribution is 2.06. The van der Waals surface area contributed by atoms with Crippen LogP contribution in [0.3, 0.4) is 0 Å². The van der Waals surface area contributed by atoms with E-state index in [1.54, 1.807) is 0 Å². The van der Waals surface area contributed by atoms with E-state index in [4.69, 9.17) is 0 Å². The first-order valence-electron chi connectivity index (χ1n) is 11.5. The third kappa shape index (κ3) is 8.48. The van der Waals surface area contributed by atoms with Gasteiger partial charge >= 0.3 is 0 Å². The van der Waals surface area contributed by atoms with Crippen molar-refractivity contribution in [3.63, 3.8) is 0 Å². The second-order valence-electron chi connectivity index (χ2n) is 8.14. The standard InChI is InChI=1S/C24H38N6/c1-2-3-14-28-17-19-29(21-23-8-4-6-10-26-23)15-12-25-13-16-30(20-18-28)22-24-9-5-7-11-27-24/h4-11,25H,2-3,12-22H2,1H3. The highest BCUT2D eigenvalue weighted by molar-refractivity contribution is 5.04. The van der Waals surface area contributed by atoms with Crippen LogP contribution in [0.5, 0.6) is 0 Å². The molecule has 0 atom stereocenters. The van der Waals surface area contributed by atoms with Gasteiger partial charge in [0.1, 0.15) is 0 Å². The molecule has 0 radical (unpaired) electrons. The average molecular weight is 411 g/mol. The average Bonchev–Trinajstić information content (AvgIpc) is 2.78. The molecule has 1 aliphatic rings. The highest BCUT2D eigenvalue weighted by Gasteiger charge is 2.14. The number of nitrogens with zero attached hydrogens (tertiary/aromatic N) is 5. The summed E-state index contributed by atoms with van der Waals surface area (Å²) < 4.78 is 0. The van der Waals surface area contributed by atoms with Gasteiger partial charge < -0.3 is 10.2 Å². The second kappa shape index (κ2) is 13.4. The quantitative estimate of drug-likeness (QED) is 0.757. The van der Waals surface area contributed by atoms with Gasteiger partial charge in [0.05, 0.1) is 11.4 Å². The van der Waals surface area contributed by atoms with Gasteiger partial charge in [0.15, 0.2) is 0 Å². The molecule has 164 valence electrons. The van der Waals surface area contributed by atoms with E-state index in [1.807, 2.05) is 24.5 Å². The maximum absolute atomic E-state index is 4.53. The molecule has 1 fully saturated rings. The topological polar surface area (TPSA) is 47.5 Å². The van der Waals surface area contributed by atoms with Gasteiger partial charge in [-0.05, 0) is 37.2 Å². The van der Waals surface area contributed by atoms with Crippen LogP contribution in [0.4, 0.5) is 0 Å². The molecule has 6 nitrogen and oxygen atoms in total. The van der Waals surface area contributed by atoms with Crippen LogP contribution in [0.25, 0.3) is 0 Å². The van der Waals surface area contributed by atoms with Crippen LogP contribution in [0.15, 0.2) is 48.8 Å². The monoisotopic (exact) mass is 410 g/mol. The number of hydrogen-bond donors (Lipinski definition) is 1. The van der Waals surface area contributed by atoms with Crippen LogP contribution in [0.2, 0.25) is 0 Å². The molecule has 0 amide bonds. The van der Waals surface area contributed by atoms with Crippen LogP contribution >= 0.6 is 0 Å². The Labute approximate surface area is 182 Å². The van der Waals surface area contributed by atoms with Crippen molar-refractivity contribution in [2.45, 2.75) is 32.9 Å². The lowest BCUT2D eigenvalue weighted by Gasteiger charge is -2.31. The van der Waals surface area contributed by atoms with E-state index in [0.717, 1.165) is 76.8 Å². The van der Waals surface area contributed by atoms with Crippen molar-refractivity contribution >= 4 is 0 Å². The molecule has 0 bridgehead atoms. The summed E-state index contributed by atoms with van der Waals surface area (Å²) in [6.45, 7) is 13.9. The number of unbranched alkanes of at least 4 members (excludes halogenated alkanes) is 1. The van der Waals surface area contributed by atoms with Crippen molar-refractivity contribution in [2.75, 3.05) is 58.9 Å². The van der Waals surface area contributed by atoms with E-state index in [9.17, 15) is 0 Å². The Morgan fingerprint density at radius 2 is 1.27 bits per heavy atom. The van der Waals surface area contributed by atoms with Crippen LogP contribution in [0, 0.1) is 0 Å². The van der Waals surface area contributed by atoms with Crippen molar-refractivity contribution < 1.29 is 0 Å². The van der Waals surface area contributed by atoms with Gasteiger partial charge in [0, 0.05) is 77.8 Å². The van der Waals surface area contributed by atoms with E-state index in [0.29, 0.717) is 0 Å².